The highest BCUT2D eigenvalue weighted by Gasteiger charge is 2.14. The standard InChI is InChI=1S/C11H9Cl2N3O2S/c1-2-18-11-14-4-6(5-15-11)16-10(17)7-3-8(12)19-9(7)13/h3-5H,2H2,1H3,(H,16,17). The lowest BCUT2D eigenvalue weighted by Crippen LogP contribution is -2.12. The molecule has 2 heterocycles. The van der Waals surface area contributed by atoms with E-state index in [1.807, 2.05) is 6.92 Å². The number of carbonyl (C=O) groups is 1. The second kappa shape index (κ2) is 6.18. The molecule has 0 aliphatic rings. The molecule has 0 saturated heterocycles. The molecule has 0 radical (unpaired) electrons. The van der Waals surface area contributed by atoms with Gasteiger partial charge in [-0.25, -0.2) is 9.97 Å². The molecule has 2 aromatic rings. The Morgan fingerprint density at radius 2 is 2.11 bits per heavy atom. The molecule has 0 aliphatic carbocycles. The van der Waals surface area contributed by atoms with Crippen LogP contribution in [0.1, 0.15) is 17.3 Å². The van der Waals surface area contributed by atoms with Gasteiger partial charge in [0.2, 0.25) is 0 Å². The van der Waals surface area contributed by atoms with Crippen molar-refractivity contribution in [3.05, 3.63) is 32.7 Å². The summed E-state index contributed by atoms with van der Waals surface area (Å²) in [5.41, 5.74) is 0.775. The van der Waals surface area contributed by atoms with Crippen molar-refractivity contribution in [2.75, 3.05) is 11.9 Å². The molecule has 100 valence electrons. The summed E-state index contributed by atoms with van der Waals surface area (Å²) in [6.45, 7) is 2.32. The van der Waals surface area contributed by atoms with Gasteiger partial charge in [-0.3, -0.25) is 4.79 Å². The molecule has 0 unspecified atom stereocenters. The Bertz CT molecular complexity index is 586. The number of nitrogens with one attached hydrogen (secondary N) is 1. The third-order valence-corrected chi connectivity index (χ3v) is 3.55. The third-order valence-electron chi connectivity index (χ3n) is 2.06. The number of hydrogen-bond acceptors (Lipinski definition) is 5. The van der Waals surface area contributed by atoms with E-state index in [2.05, 4.69) is 15.3 Å². The van der Waals surface area contributed by atoms with Crippen molar-refractivity contribution in [3.63, 3.8) is 0 Å². The van der Waals surface area contributed by atoms with Gasteiger partial charge >= 0.3 is 6.01 Å². The maximum atomic E-state index is 11.9. The summed E-state index contributed by atoms with van der Waals surface area (Å²) < 4.78 is 5.90. The van der Waals surface area contributed by atoms with Crippen molar-refractivity contribution in [1.82, 2.24) is 9.97 Å². The topological polar surface area (TPSA) is 64.1 Å². The van der Waals surface area contributed by atoms with Gasteiger partial charge in [-0.05, 0) is 13.0 Å². The summed E-state index contributed by atoms with van der Waals surface area (Å²) in [4.78, 5) is 19.8. The molecule has 0 bridgehead atoms. The van der Waals surface area contributed by atoms with Gasteiger partial charge in [0.1, 0.15) is 4.34 Å². The normalized spacial score (nSPS) is 10.3. The van der Waals surface area contributed by atoms with Crippen LogP contribution in [0.25, 0.3) is 0 Å². The molecule has 5 nitrogen and oxygen atoms in total. The number of nitrogens with zero attached hydrogens (tertiary/aromatic N) is 2. The van der Waals surface area contributed by atoms with E-state index in [0.717, 1.165) is 11.3 Å². The molecule has 0 aliphatic heterocycles. The number of carbonyl (C=O) groups excluding carboxylic acids is 1. The molecule has 0 atom stereocenters. The second-order valence-electron chi connectivity index (χ2n) is 3.38. The Hall–Kier alpha value is -1.37. The van der Waals surface area contributed by atoms with E-state index in [4.69, 9.17) is 27.9 Å². The average Bonchev–Trinajstić information content (AvgIpc) is 2.71. The van der Waals surface area contributed by atoms with Crippen molar-refractivity contribution in [2.24, 2.45) is 0 Å². The first-order valence-corrected chi connectivity index (χ1v) is 6.88. The SMILES string of the molecule is CCOc1ncc(NC(=O)c2cc(Cl)sc2Cl)cn1. The van der Waals surface area contributed by atoms with Crippen molar-refractivity contribution < 1.29 is 9.53 Å². The molecular formula is C11H9Cl2N3O2S. The minimum atomic E-state index is -0.360. The summed E-state index contributed by atoms with van der Waals surface area (Å²) in [6, 6.07) is 1.77. The smallest absolute Gasteiger partial charge is 0.316 e. The fourth-order valence-electron chi connectivity index (χ4n) is 1.28. The Balaban J connectivity index is 2.08. The monoisotopic (exact) mass is 317 g/mol. The van der Waals surface area contributed by atoms with E-state index in [0.29, 0.717) is 26.5 Å². The number of halogens is 2. The van der Waals surface area contributed by atoms with E-state index < -0.39 is 0 Å². The number of thiophene rings is 1. The number of amides is 1. The molecule has 19 heavy (non-hydrogen) atoms. The Morgan fingerprint density at radius 3 is 2.63 bits per heavy atom. The summed E-state index contributed by atoms with van der Waals surface area (Å²) in [6.07, 6.45) is 2.91. The zero-order valence-corrected chi connectivity index (χ0v) is 12.1. The largest absolute Gasteiger partial charge is 0.464 e. The summed E-state index contributed by atoms with van der Waals surface area (Å²) >= 11 is 12.8. The third kappa shape index (κ3) is 3.56. The van der Waals surface area contributed by atoms with E-state index >= 15 is 0 Å². The highest BCUT2D eigenvalue weighted by Crippen LogP contribution is 2.31. The molecule has 1 amide bonds. The van der Waals surface area contributed by atoms with Crippen LogP contribution in [-0.4, -0.2) is 22.5 Å². The minimum Gasteiger partial charge on any atom is -0.464 e. The molecule has 0 fully saturated rings. The highest BCUT2D eigenvalue weighted by atomic mass is 35.5. The zero-order valence-electron chi connectivity index (χ0n) is 9.81. The summed E-state index contributed by atoms with van der Waals surface area (Å²) in [5.74, 6) is -0.360. The van der Waals surface area contributed by atoms with Crippen molar-refractivity contribution in [2.45, 2.75) is 6.92 Å². The molecule has 1 N–H and O–H groups in total. The number of ether oxygens (including phenoxy) is 1. The van der Waals surface area contributed by atoms with Crippen LogP contribution in [0, 0.1) is 0 Å². The van der Waals surface area contributed by atoms with E-state index in [1.165, 1.54) is 18.5 Å². The van der Waals surface area contributed by atoms with Gasteiger partial charge in [0.05, 0.1) is 34.6 Å². The fourth-order valence-corrected chi connectivity index (χ4v) is 2.74. The Kier molecular flexibility index (Phi) is 4.57. The van der Waals surface area contributed by atoms with Crippen LogP contribution in [0.3, 0.4) is 0 Å². The number of aromatic nitrogens is 2. The van der Waals surface area contributed by atoms with Gasteiger partial charge in [-0.15, -0.1) is 11.3 Å². The van der Waals surface area contributed by atoms with Gasteiger partial charge in [0.15, 0.2) is 0 Å². The maximum absolute atomic E-state index is 11.9. The average molecular weight is 318 g/mol. The van der Waals surface area contributed by atoms with E-state index in [9.17, 15) is 4.79 Å². The van der Waals surface area contributed by atoms with Crippen LogP contribution in [0.2, 0.25) is 8.67 Å². The van der Waals surface area contributed by atoms with Crippen molar-refractivity contribution in [3.8, 4) is 6.01 Å². The number of hydrogen-bond donors (Lipinski definition) is 1. The Labute approximate surface area is 123 Å². The lowest BCUT2D eigenvalue weighted by Gasteiger charge is -2.04. The number of rotatable bonds is 4. The molecule has 0 aromatic carbocycles. The first-order chi connectivity index (χ1) is 9.10. The van der Waals surface area contributed by atoms with Gasteiger partial charge < -0.3 is 10.1 Å². The zero-order chi connectivity index (χ0) is 13.8. The quantitative estimate of drug-likeness (QED) is 0.937. The lowest BCUT2D eigenvalue weighted by atomic mass is 10.3. The Morgan fingerprint density at radius 1 is 1.42 bits per heavy atom. The van der Waals surface area contributed by atoms with Crippen LogP contribution in [0.15, 0.2) is 18.5 Å². The van der Waals surface area contributed by atoms with Crippen LogP contribution in [0.4, 0.5) is 5.69 Å². The summed E-state index contributed by atoms with van der Waals surface area (Å²) in [7, 11) is 0. The van der Waals surface area contributed by atoms with Gasteiger partial charge in [0.25, 0.3) is 5.91 Å². The number of anilines is 1. The second-order valence-corrected chi connectivity index (χ2v) is 5.66. The first kappa shape index (κ1) is 14.0. The van der Waals surface area contributed by atoms with Crippen LogP contribution in [0.5, 0.6) is 6.01 Å². The van der Waals surface area contributed by atoms with Crippen molar-refractivity contribution in [1.29, 1.82) is 0 Å². The van der Waals surface area contributed by atoms with Crippen LogP contribution < -0.4 is 10.1 Å². The van der Waals surface area contributed by atoms with E-state index in [-0.39, 0.29) is 11.9 Å². The van der Waals surface area contributed by atoms with E-state index in [1.54, 1.807) is 0 Å². The van der Waals surface area contributed by atoms with Gasteiger partial charge in [-0.2, -0.15) is 0 Å². The lowest BCUT2D eigenvalue weighted by molar-refractivity contribution is 0.102. The molecular weight excluding hydrogens is 309 g/mol. The van der Waals surface area contributed by atoms with Crippen molar-refractivity contribution >= 4 is 46.1 Å². The van der Waals surface area contributed by atoms with Gasteiger partial charge in [-0.1, -0.05) is 23.2 Å². The molecule has 0 spiro atoms. The predicted octanol–water partition coefficient (Wildman–Crippen LogP) is 3.50. The molecule has 2 aromatic heterocycles. The van der Waals surface area contributed by atoms with Crippen LogP contribution in [-0.2, 0) is 0 Å². The maximum Gasteiger partial charge on any atom is 0.316 e. The van der Waals surface area contributed by atoms with Crippen LogP contribution >= 0.6 is 34.5 Å². The minimum absolute atomic E-state index is 0.261. The molecule has 2 rings (SSSR count). The molecule has 0 saturated carbocycles. The summed E-state index contributed by atoms with van der Waals surface area (Å²) in [5, 5.41) is 2.63. The fraction of sp³-hybridized carbons (Fsp3) is 0.182. The van der Waals surface area contributed by atoms with Gasteiger partial charge in [0, 0.05) is 0 Å². The highest BCUT2D eigenvalue weighted by molar-refractivity contribution is 7.20. The first-order valence-electron chi connectivity index (χ1n) is 5.31. The molecule has 8 heteroatoms. The predicted molar refractivity (Wildman–Crippen MR) is 75.5 cm³/mol.